The first-order valence-electron chi connectivity index (χ1n) is 3.43. The number of rotatable bonds is 2. The molecule has 0 radical (unpaired) electrons. The lowest BCUT2D eigenvalue weighted by atomic mass is 10.1. The van der Waals surface area contributed by atoms with Crippen LogP contribution in [0.15, 0.2) is 0 Å². The summed E-state index contributed by atoms with van der Waals surface area (Å²) in [4.78, 5) is 0. The van der Waals surface area contributed by atoms with Gasteiger partial charge in [0.15, 0.2) is 0 Å². The molecule has 58 valence electrons. The Morgan fingerprint density at radius 1 is 1.50 bits per heavy atom. The second-order valence-corrected chi connectivity index (χ2v) is 2.66. The largest absolute Gasteiger partial charge is 0.369 e. The zero-order valence-electron chi connectivity index (χ0n) is 6.90. The first-order valence-corrected chi connectivity index (χ1v) is 3.43. The third-order valence-electron chi connectivity index (χ3n) is 0.789. The molecule has 0 fully saturated rings. The molecule has 0 bridgehead atoms. The van der Waals surface area contributed by atoms with Crippen molar-refractivity contribution in [2.75, 3.05) is 13.2 Å². The lowest BCUT2D eigenvalue weighted by Crippen LogP contribution is -2.29. The van der Waals surface area contributed by atoms with E-state index in [-0.39, 0.29) is 0 Å². The minimum absolute atomic E-state index is 0.392. The fourth-order valence-corrected chi connectivity index (χ4v) is 0.417. The van der Waals surface area contributed by atoms with Gasteiger partial charge in [-0.3, -0.25) is 0 Å². The third-order valence-corrected chi connectivity index (χ3v) is 0.789. The van der Waals surface area contributed by atoms with Crippen molar-refractivity contribution in [3.8, 4) is 11.8 Å². The highest BCUT2D eigenvalue weighted by Gasteiger charge is 2.02. The first-order chi connectivity index (χ1) is 4.56. The predicted molar refractivity (Wildman–Crippen MR) is 42.5 cm³/mol. The van der Waals surface area contributed by atoms with Gasteiger partial charge in [0.2, 0.25) is 0 Å². The van der Waals surface area contributed by atoms with E-state index >= 15 is 0 Å². The van der Waals surface area contributed by atoms with Crippen molar-refractivity contribution in [1.82, 2.24) is 0 Å². The maximum Gasteiger partial charge on any atom is 0.107 e. The molecule has 0 aliphatic heterocycles. The molecule has 0 saturated heterocycles. The Labute approximate surface area is 62.7 Å². The lowest BCUT2D eigenvalue weighted by molar-refractivity contribution is 0.182. The van der Waals surface area contributed by atoms with Crippen molar-refractivity contribution in [3.63, 3.8) is 0 Å². The topological polar surface area (TPSA) is 35.2 Å². The predicted octanol–water partition coefficient (Wildman–Crippen LogP) is 0.764. The Kier molecular flexibility index (Phi) is 4.10. The zero-order valence-corrected chi connectivity index (χ0v) is 6.90. The van der Waals surface area contributed by atoms with Crippen molar-refractivity contribution < 1.29 is 4.74 Å². The highest BCUT2D eigenvalue weighted by atomic mass is 16.5. The first kappa shape index (κ1) is 9.48. The summed E-state index contributed by atoms with van der Waals surface area (Å²) in [7, 11) is 0. The van der Waals surface area contributed by atoms with Crippen LogP contribution in [0.5, 0.6) is 0 Å². The minimum Gasteiger partial charge on any atom is -0.369 e. The van der Waals surface area contributed by atoms with Gasteiger partial charge in [0.05, 0.1) is 5.54 Å². The van der Waals surface area contributed by atoms with E-state index in [1.165, 1.54) is 0 Å². The summed E-state index contributed by atoms with van der Waals surface area (Å²) in [6.45, 7) is 6.87. The van der Waals surface area contributed by atoms with Crippen LogP contribution >= 0.6 is 0 Å². The molecule has 10 heavy (non-hydrogen) atoms. The number of hydrogen-bond acceptors (Lipinski definition) is 2. The fraction of sp³-hybridized carbons (Fsp3) is 0.750. The van der Waals surface area contributed by atoms with Crippen LogP contribution in [0.25, 0.3) is 0 Å². The molecule has 0 saturated carbocycles. The smallest absolute Gasteiger partial charge is 0.107 e. The SMILES string of the molecule is CCOCC#CC(C)(C)N. The summed E-state index contributed by atoms with van der Waals surface area (Å²) in [6, 6.07) is 0. The van der Waals surface area contributed by atoms with Gasteiger partial charge in [-0.1, -0.05) is 11.8 Å². The molecular weight excluding hydrogens is 126 g/mol. The van der Waals surface area contributed by atoms with Crippen LogP contribution in [0.4, 0.5) is 0 Å². The number of ether oxygens (including phenoxy) is 1. The van der Waals surface area contributed by atoms with Gasteiger partial charge in [-0.15, -0.1) is 0 Å². The molecule has 0 rings (SSSR count). The molecule has 0 aromatic heterocycles. The molecule has 2 N–H and O–H groups in total. The Morgan fingerprint density at radius 3 is 2.50 bits per heavy atom. The molecule has 2 nitrogen and oxygen atoms in total. The van der Waals surface area contributed by atoms with Crippen LogP contribution in [0.3, 0.4) is 0 Å². The summed E-state index contributed by atoms with van der Waals surface area (Å²) in [6.07, 6.45) is 0. The molecule has 0 aliphatic carbocycles. The van der Waals surface area contributed by atoms with E-state index < -0.39 is 5.54 Å². The highest BCUT2D eigenvalue weighted by Crippen LogP contribution is 1.90. The van der Waals surface area contributed by atoms with Gasteiger partial charge in [-0.2, -0.15) is 0 Å². The Bertz CT molecular complexity index is 136. The Hall–Kier alpha value is -0.520. The summed E-state index contributed by atoms with van der Waals surface area (Å²) in [5, 5.41) is 0. The fourth-order valence-electron chi connectivity index (χ4n) is 0.417. The number of nitrogens with two attached hydrogens (primary N) is 1. The molecule has 0 atom stereocenters. The van der Waals surface area contributed by atoms with Crippen LogP contribution in [-0.4, -0.2) is 18.8 Å². The summed E-state index contributed by atoms with van der Waals surface area (Å²) in [5.41, 5.74) is 5.20. The van der Waals surface area contributed by atoms with Crippen LogP contribution in [0.1, 0.15) is 20.8 Å². The van der Waals surface area contributed by atoms with E-state index in [0.717, 1.165) is 0 Å². The van der Waals surface area contributed by atoms with Crippen molar-refractivity contribution >= 4 is 0 Å². The van der Waals surface area contributed by atoms with Crippen molar-refractivity contribution in [2.45, 2.75) is 26.3 Å². The summed E-state index contributed by atoms with van der Waals surface area (Å²) < 4.78 is 5.00. The minimum atomic E-state index is -0.392. The van der Waals surface area contributed by atoms with E-state index in [2.05, 4.69) is 11.8 Å². The van der Waals surface area contributed by atoms with Gasteiger partial charge in [-0.25, -0.2) is 0 Å². The lowest BCUT2D eigenvalue weighted by Gasteiger charge is -2.07. The normalized spacial score (nSPS) is 10.4. The van der Waals surface area contributed by atoms with Gasteiger partial charge in [0.1, 0.15) is 6.61 Å². The second kappa shape index (κ2) is 4.32. The standard InChI is InChI=1S/C8H15NO/c1-4-10-7-5-6-8(2,3)9/h4,7,9H2,1-3H3. The van der Waals surface area contributed by atoms with Gasteiger partial charge in [0, 0.05) is 6.61 Å². The molecule has 0 heterocycles. The average Bonchev–Trinajstić information content (AvgIpc) is 1.78. The Morgan fingerprint density at radius 2 is 2.10 bits per heavy atom. The number of hydrogen-bond donors (Lipinski definition) is 1. The quantitative estimate of drug-likeness (QED) is 0.455. The second-order valence-electron chi connectivity index (χ2n) is 2.66. The molecule has 0 aromatic carbocycles. The molecule has 0 aromatic rings. The van der Waals surface area contributed by atoms with Crippen LogP contribution in [0.2, 0.25) is 0 Å². The van der Waals surface area contributed by atoms with Crippen molar-refractivity contribution in [1.29, 1.82) is 0 Å². The Balaban J connectivity index is 3.50. The van der Waals surface area contributed by atoms with E-state index in [0.29, 0.717) is 13.2 Å². The molecule has 0 amide bonds. The maximum absolute atomic E-state index is 5.59. The van der Waals surface area contributed by atoms with Gasteiger partial charge < -0.3 is 10.5 Å². The monoisotopic (exact) mass is 141 g/mol. The van der Waals surface area contributed by atoms with Crippen LogP contribution in [0, 0.1) is 11.8 Å². The van der Waals surface area contributed by atoms with Crippen LogP contribution < -0.4 is 5.73 Å². The van der Waals surface area contributed by atoms with Gasteiger partial charge in [0.25, 0.3) is 0 Å². The van der Waals surface area contributed by atoms with E-state index in [1.807, 2.05) is 20.8 Å². The van der Waals surface area contributed by atoms with Crippen molar-refractivity contribution in [3.05, 3.63) is 0 Å². The highest BCUT2D eigenvalue weighted by molar-refractivity contribution is 5.12. The zero-order chi connectivity index (χ0) is 8.04. The van der Waals surface area contributed by atoms with E-state index in [4.69, 9.17) is 10.5 Å². The van der Waals surface area contributed by atoms with E-state index in [9.17, 15) is 0 Å². The van der Waals surface area contributed by atoms with Crippen molar-refractivity contribution in [2.24, 2.45) is 5.73 Å². The average molecular weight is 141 g/mol. The third kappa shape index (κ3) is 7.48. The molecular formula is C8H15NO. The van der Waals surface area contributed by atoms with Gasteiger partial charge in [-0.05, 0) is 20.8 Å². The maximum atomic E-state index is 5.59. The van der Waals surface area contributed by atoms with Crippen LogP contribution in [-0.2, 0) is 4.74 Å². The van der Waals surface area contributed by atoms with E-state index in [1.54, 1.807) is 0 Å². The molecule has 0 aliphatic rings. The molecule has 0 spiro atoms. The summed E-state index contributed by atoms with van der Waals surface area (Å²) in [5.74, 6) is 5.69. The summed E-state index contributed by atoms with van der Waals surface area (Å²) >= 11 is 0. The molecule has 0 unspecified atom stereocenters. The van der Waals surface area contributed by atoms with Gasteiger partial charge >= 0.3 is 0 Å². The molecule has 2 heteroatoms.